The summed E-state index contributed by atoms with van der Waals surface area (Å²) in [6, 6.07) is 0. The van der Waals surface area contributed by atoms with E-state index in [0.717, 1.165) is 19.4 Å². The van der Waals surface area contributed by atoms with Crippen LogP contribution >= 0.6 is 0 Å². The van der Waals surface area contributed by atoms with Gasteiger partial charge in [-0.2, -0.15) is 5.10 Å². The summed E-state index contributed by atoms with van der Waals surface area (Å²) in [7, 11) is 0. The summed E-state index contributed by atoms with van der Waals surface area (Å²) in [4.78, 5) is 11.3. The zero-order valence-electron chi connectivity index (χ0n) is 8.79. The van der Waals surface area contributed by atoms with Gasteiger partial charge in [-0.1, -0.05) is 6.92 Å². The molecule has 1 aromatic rings. The number of carbonyl (C=O) groups is 1. The number of carbonyl (C=O) groups excluding carboxylic acids is 1. The molecule has 3 heteroatoms. The van der Waals surface area contributed by atoms with Crippen LogP contribution in [0, 0.1) is 0 Å². The Morgan fingerprint density at radius 3 is 2.93 bits per heavy atom. The van der Waals surface area contributed by atoms with E-state index in [0.29, 0.717) is 12.2 Å². The Morgan fingerprint density at radius 2 is 2.43 bits per heavy atom. The Kier molecular flexibility index (Phi) is 2.17. The van der Waals surface area contributed by atoms with E-state index in [2.05, 4.69) is 25.1 Å². The first kappa shape index (κ1) is 9.44. The number of hydrogen-bond donors (Lipinski definition) is 0. The molecule has 2 rings (SSSR count). The minimum Gasteiger partial charge on any atom is -0.300 e. The number of nitrogens with zero attached hydrogens (tertiary/aromatic N) is 2. The Balaban J connectivity index is 2.25. The summed E-state index contributed by atoms with van der Waals surface area (Å²) in [5.41, 5.74) is 1.26. The van der Waals surface area contributed by atoms with Gasteiger partial charge in [-0.05, 0) is 18.9 Å². The highest BCUT2D eigenvalue weighted by Crippen LogP contribution is 2.38. The molecule has 3 nitrogen and oxygen atoms in total. The van der Waals surface area contributed by atoms with Crippen LogP contribution in [0.3, 0.4) is 0 Å². The molecule has 14 heavy (non-hydrogen) atoms. The Hall–Kier alpha value is -1.12. The monoisotopic (exact) mass is 192 g/mol. The third-order valence-electron chi connectivity index (χ3n) is 3.20. The van der Waals surface area contributed by atoms with Crippen molar-refractivity contribution in [1.29, 1.82) is 0 Å². The molecule has 0 N–H and O–H groups in total. The molecule has 0 bridgehead atoms. The summed E-state index contributed by atoms with van der Waals surface area (Å²) in [6.07, 6.45) is 6.36. The van der Waals surface area contributed by atoms with E-state index in [1.807, 2.05) is 10.9 Å². The fraction of sp³-hybridized carbons (Fsp3) is 0.636. The molecule has 0 aliphatic heterocycles. The molecular formula is C11H16N2O. The molecule has 1 fully saturated rings. The van der Waals surface area contributed by atoms with Gasteiger partial charge in [-0.25, -0.2) is 0 Å². The summed E-state index contributed by atoms with van der Waals surface area (Å²) >= 11 is 0. The molecule has 0 spiro atoms. The van der Waals surface area contributed by atoms with Crippen LogP contribution in [0.5, 0.6) is 0 Å². The van der Waals surface area contributed by atoms with E-state index in [1.165, 1.54) is 5.56 Å². The second-order valence-electron chi connectivity index (χ2n) is 4.36. The van der Waals surface area contributed by atoms with Crippen molar-refractivity contribution in [2.75, 3.05) is 0 Å². The van der Waals surface area contributed by atoms with E-state index in [-0.39, 0.29) is 5.41 Å². The number of rotatable bonds is 2. The summed E-state index contributed by atoms with van der Waals surface area (Å²) in [5, 5.41) is 4.25. The first-order valence-electron chi connectivity index (χ1n) is 5.19. The van der Waals surface area contributed by atoms with Crippen molar-refractivity contribution in [1.82, 2.24) is 9.78 Å². The van der Waals surface area contributed by atoms with Crippen LogP contribution in [-0.4, -0.2) is 15.6 Å². The molecule has 1 aromatic heterocycles. The minimum atomic E-state index is 0.0461. The Bertz CT molecular complexity index is 356. The van der Waals surface area contributed by atoms with Gasteiger partial charge < -0.3 is 0 Å². The van der Waals surface area contributed by atoms with Crippen LogP contribution in [0.15, 0.2) is 12.4 Å². The van der Waals surface area contributed by atoms with Gasteiger partial charge >= 0.3 is 0 Å². The predicted molar refractivity (Wildman–Crippen MR) is 54.1 cm³/mol. The first-order chi connectivity index (χ1) is 6.64. The van der Waals surface area contributed by atoms with E-state index >= 15 is 0 Å². The van der Waals surface area contributed by atoms with Crippen molar-refractivity contribution in [2.24, 2.45) is 0 Å². The summed E-state index contributed by atoms with van der Waals surface area (Å²) in [6.45, 7) is 5.12. The van der Waals surface area contributed by atoms with E-state index in [1.54, 1.807) is 0 Å². The van der Waals surface area contributed by atoms with Crippen LogP contribution in [0.2, 0.25) is 0 Å². The lowest BCUT2D eigenvalue weighted by molar-refractivity contribution is -0.117. The normalized spacial score (nSPS) is 27.1. The molecule has 1 aliphatic carbocycles. The van der Waals surface area contributed by atoms with E-state index in [9.17, 15) is 4.79 Å². The van der Waals surface area contributed by atoms with Crippen molar-refractivity contribution in [3.8, 4) is 0 Å². The lowest BCUT2D eigenvalue weighted by Gasteiger charge is -2.20. The molecule has 0 saturated heterocycles. The van der Waals surface area contributed by atoms with Crippen LogP contribution in [0.4, 0.5) is 0 Å². The SMILES string of the molecule is CCn1cc(C2(C)CCC(=O)C2)cn1. The summed E-state index contributed by atoms with van der Waals surface area (Å²) < 4.78 is 1.92. The van der Waals surface area contributed by atoms with Gasteiger partial charge in [-0.15, -0.1) is 0 Å². The number of aryl methyl sites for hydroxylation is 1. The van der Waals surface area contributed by atoms with E-state index < -0.39 is 0 Å². The van der Waals surface area contributed by atoms with Crippen molar-refractivity contribution in [3.63, 3.8) is 0 Å². The highest BCUT2D eigenvalue weighted by Gasteiger charge is 2.36. The number of aromatic nitrogens is 2. The quantitative estimate of drug-likeness (QED) is 0.717. The topological polar surface area (TPSA) is 34.9 Å². The standard InChI is InChI=1S/C11H16N2O/c1-3-13-8-9(7-12-13)11(2)5-4-10(14)6-11/h7-8H,3-6H2,1-2H3. The highest BCUT2D eigenvalue weighted by molar-refractivity contribution is 5.82. The fourth-order valence-electron chi connectivity index (χ4n) is 2.12. The van der Waals surface area contributed by atoms with Gasteiger partial charge in [0.2, 0.25) is 0 Å². The molecule has 0 aromatic carbocycles. The maximum absolute atomic E-state index is 11.3. The van der Waals surface area contributed by atoms with Crippen molar-refractivity contribution >= 4 is 5.78 Å². The van der Waals surface area contributed by atoms with Crippen LogP contribution in [-0.2, 0) is 16.8 Å². The average Bonchev–Trinajstić information content (AvgIpc) is 2.73. The smallest absolute Gasteiger partial charge is 0.133 e. The van der Waals surface area contributed by atoms with Gasteiger partial charge in [-0.3, -0.25) is 9.48 Å². The van der Waals surface area contributed by atoms with Crippen LogP contribution in [0.25, 0.3) is 0 Å². The largest absolute Gasteiger partial charge is 0.300 e. The molecule has 76 valence electrons. The van der Waals surface area contributed by atoms with Gasteiger partial charge in [0.1, 0.15) is 5.78 Å². The maximum Gasteiger partial charge on any atom is 0.133 e. The zero-order valence-corrected chi connectivity index (χ0v) is 8.79. The third kappa shape index (κ3) is 1.47. The van der Waals surface area contributed by atoms with Gasteiger partial charge in [0.25, 0.3) is 0 Å². The van der Waals surface area contributed by atoms with Crippen molar-refractivity contribution in [3.05, 3.63) is 18.0 Å². The fourth-order valence-corrected chi connectivity index (χ4v) is 2.12. The molecule has 1 heterocycles. The number of ketones is 1. The molecule has 1 saturated carbocycles. The second-order valence-corrected chi connectivity index (χ2v) is 4.36. The van der Waals surface area contributed by atoms with Gasteiger partial charge in [0.05, 0.1) is 6.20 Å². The minimum absolute atomic E-state index is 0.0461. The molecule has 1 unspecified atom stereocenters. The molecule has 1 atom stereocenters. The lowest BCUT2D eigenvalue weighted by Crippen LogP contribution is -2.16. The average molecular weight is 192 g/mol. The van der Waals surface area contributed by atoms with Crippen molar-refractivity contribution < 1.29 is 4.79 Å². The van der Waals surface area contributed by atoms with Crippen LogP contribution in [0.1, 0.15) is 38.7 Å². The Morgan fingerprint density at radius 1 is 1.64 bits per heavy atom. The Labute approximate surface area is 84.1 Å². The molecular weight excluding hydrogens is 176 g/mol. The van der Waals surface area contributed by atoms with E-state index in [4.69, 9.17) is 0 Å². The predicted octanol–water partition coefficient (Wildman–Crippen LogP) is 1.91. The van der Waals surface area contributed by atoms with Gasteiger partial charge in [0.15, 0.2) is 0 Å². The zero-order chi connectivity index (χ0) is 10.2. The van der Waals surface area contributed by atoms with Crippen molar-refractivity contribution in [2.45, 2.75) is 45.1 Å². The number of hydrogen-bond acceptors (Lipinski definition) is 2. The number of Topliss-reactive ketones (excluding diaryl/α,β-unsaturated/α-hetero) is 1. The second kappa shape index (κ2) is 3.23. The van der Waals surface area contributed by atoms with Gasteiger partial charge in [0, 0.05) is 31.0 Å². The highest BCUT2D eigenvalue weighted by atomic mass is 16.1. The lowest BCUT2D eigenvalue weighted by atomic mass is 9.83. The maximum atomic E-state index is 11.3. The summed E-state index contributed by atoms with van der Waals surface area (Å²) in [5.74, 6) is 0.386. The third-order valence-corrected chi connectivity index (χ3v) is 3.20. The molecule has 0 radical (unpaired) electrons. The first-order valence-corrected chi connectivity index (χ1v) is 5.19. The van der Waals surface area contributed by atoms with Crippen LogP contribution < -0.4 is 0 Å². The molecule has 0 amide bonds. The molecule has 1 aliphatic rings.